The van der Waals surface area contributed by atoms with E-state index in [4.69, 9.17) is 11.5 Å². The van der Waals surface area contributed by atoms with Crippen LogP contribution in [0, 0.1) is 0 Å². The van der Waals surface area contributed by atoms with Crippen LogP contribution in [0.25, 0.3) is 0 Å². The van der Waals surface area contributed by atoms with Gasteiger partial charge in [-0.2, -0.15) is 0 Å². The van der Waals surface area contributed by atoms with Crippen molar-refractivity contribution in [1.82, 2.24) is 5.32 Å². The predicted molar refractivity (Wildman–Crippen MR) is 125 cm³/mol. The molecule has 3 aromatic rings. The van der Waals surface area contributed by atoms with E-state index in [9.17, 15) is 14.7 Å². The van der Waals surface area contributed by atoms with Gasteiger partial charge in [0, 0.05) is 6.54 Å². The van der Waals surface area contributed by atoms with Crippen LogP contribution in [0.4, 0.5) is 0 Å². The van der Waals surface area contributed by atoms with Crippen molar-refractivity contribution in [3.63, 3.8) is 0 Å². The summed E-state index contributed by atoms with van der Waals surface area (Å²) in [5.74, 6) is -1.45. The number of phenolic OH excluding ortho intramolecular Hbond substituents is 1. The standard InChI is InChI=1S/C26H29N3O3/c27-17-7-16-26(28,25(32)29-18-19-12-14-22(30)15-13-19)24(31)23(20-8-3-1-4-9-20)21-10-5-2-6-11-21/h1-6,8-15,23,30H,7,16-18,27-28H2,(H,29,32). The second-order valence-electron chi connectivity index (χ2n) is 7.83. The number of aromatic hydroxyl groups is 1. The number of carbonyl (C=O) groups excluding carboxylic acids is 2. The molecule has 3 aromatic carbocycles. The maximum absolute atomic E-state index is 13.9. The monoisotopic (exact) mass is 431 g/mol. The van der Waals surface area contributed by atoms with Gasteiger partial charge >= 0.3 is 0 Å². The molecule has 1 unspecified atom stereocenters. The zero-order chi connectivity index (χ0) is 23.0. The summed E-state index contributed by atoms with van der Waals surface area (Å²) in [6.07, 6.45) is 0.574. The van der Waals surface area contributed by atoms with Crippen LogP contribution in [-0.2, 0) is 16.1 Å². The van der Waals surface area contributed by atoms with Crippen molar-refractivity contribution in [2.24, 2.45) is 11.5 Å². The summed E-state index contributed by atoms with van der Waals surface area (Å²) in [5, 5.41) is 12.2. The SMILES string of the molecule is NCCCC(N)(C(=O)NCc1ccc(O)cc1)C(=O)C(c1ccccc1)c1ccccc1. The fourth-order valence-electron chi connectivity index (χ4n) is 3.73. The Balaban J connectivity index is 1.92. The molecule has 0 aliphatic rings. The molecule has 0 saturated carbocycles. The molecule has 0 spiro atoms. The molecule has 32 heavy (non-hydrogen) atoms. The van der Waals surface area contributed by atoms with E-state index < -0.39 is 17.4 Å². The molecule has 6 N–H and O–H groups in total. The molecular formula is C26H29N3O3. The summed E-state index contributed by atoms with van der Waals surface area (Å²) in [4.78, 5) is 27.2. The normalized spacial score (nSPS) is 12.8. The van der Waals surface area contributed by atoms with Gasteiger partial charge in [0.05, 0.1) is 5.92 Å². The first-order valence-electron chi connectivity index (χ1n) is 10.6. The van der Waals surface area contributed by atoms with Crippen molar-refractivity contribution in [3.05, 3.63) is 102 Å². The van der Waals surface area contributed by atoms with Gasteiger partial charge in [0.1, 0.15) is 5.75 Å². The molecule has 0 aliphatic heterocycles. The first kappa shape index (κ1) is 23.2. The summed E-state index contributed by atoms with van der Waals surface area (Å²) in [6.45, 7) is 0.508. The zero-order valence-electron chi connectivity index (χ0n) is 17.9. The lowest BCUT2D eigenvalue weighted by molar-refractivity contribution is -0.136. The van der Waals surface area contributed by atoms with Gasteiger partial charge in [-0.05, 0) is 48.2 Å². The molecule has 0 fully saturated rings. The molecule has 6 nitrogen and oxygen atoms in total. The highest BCUT2D eigenvalue weighted by Crippen LogP contribution is 2.31. The Morgan fingerprint density at radius 2 is 1.41 bits per heavy atom. The third kappa shape index (κ3) is 5.41. The number of rotatable bonds is 10. The minimum Gasteiger partial charge on any atom is -0.508 e. The third-order valence-corrected chi connectivity index (χ3v) is 5.54. The molecule has 0 bridgehead atoms. The van der Waals surface area contributed by atoms with E-state index in [0.29, 0.717) is 13.0 Å². The Labute approximate surface area is 188 Å². The van der Waals surface area contributed by atoms with Gasteiger partial charge in [0.15, 0.2) is 11.3 Å². The highest BCUT2D eigenvalue weighted by molar-refractivity contribution is 6.13. The summed E-state index contributed by atoms with van der Waals surface area (Å²) in [6, 6.07) is 25.2. The summed E-state index contributed by atoms with van der Waals surface area (Å²) in [5.41, 5.74) is 12.9. The predicted octanol–water partition coefficient (Wildman–Crippen LogP) is 2.85. The van der Waals surface area contributed by atoms with Crippen molar-refractivity contribution < 1.29 is 14.7 Å². The van der Waals surface area contributed by atoms with Crippen LogP contribution in [-0.4, -0.2) is 28.9 Å². The van der Waals surface area contributed by atoms with Gasteiger partial charge in [-0.15, -0.1) is 0 Å². The molecule has 3 rings (SSSR count). The highest BCUT2D eigenvalue weighted by Gasteiger charge is 2.45. The average molecular weight is 432 g/mol. The van der Waals surface area contributed by atoms with Crippen LogP contribution in [0.2, 0.25) is 0 Å². The molecular weight excluding hydrogens is 402 g/mol. The second kappa shape index (κ2) is 10.7. The van der Waals surface area contributed by atoms with Crippen molar-refractivity contribution in [2.45, 2.75) is 30.8 Å². The molecule has 6 heteroatoms. The summed E-state index contributed by atoms with van der Waals surface area (Å²) >= 11 is 0. The summed E-state index contributed by atoms with van der Waals surface area (Å²) in [7, 11) is 0. The number of nitrogens with two attached hydrogens (primary N) is 2. The molecule has 0 radical (unpaired) electrons. The molecule has 0 saturated heterocycles. The fraction of sp³-hybridized carbons (Fsp3) is 0.231. The van der Waals surface area contributed by atoms with E-state index >= 15 is 0 Å². The largest absolute Gasteiger partial charge is 0.508 e. The molecule has 0 aliphatic carbocycles. The molecule has 1 amide bonds. The van der Waals surface area contributed by atoms with E-state index in [0.717, 1.165) is 16.7 Å². The van der Waals surface area contributed by atoms with E-state index in [1.165, 1.54) is 12.1 Å². The number of phenols is 1. The highest BCUT2D eigenvalue weighted by atomic mass is 16.3. The Morgan fingerprint density at radius 3 is 1.91 bits per heavy atom. The smallest absolute Gasteiger partial charge is 0.248 e. The fourth-order valence-corrected chi connectivity index (χ4v) is 3.73. The van der Waals surface area contributed by atoms with E-state index in [1.807, 2.05) is 60.7 Å². The van der Waals surface area contributed by atoms with Gasteiger partial charge in [-0.1, -0.05) is 72.8 Å². The third-order valence-electron chi connectivity index (χ3n) is 5.54. The number of benzene rings is 3. The minimum absolute atomic E-state index is 0.139. The van der Waals surface area contributed by atoms with Crippen molar-refractivity contribution in [1.29, 1.82) is 0 Å². The number of hydrogen-bond donors (Lipinski definition) is 4. The number of carbonyl (C=O) groups is 2. The first-order chi connectivity index (χ1) is 15.5. The second-order valence-corrected chi connectivity index (χ2v) is 7.83. The van der Waals surface area contributed by atoms with Gasteiger partial charge in [0.25, 0.3) is 0 Å². The van der Waals surface area contributed by atoms with Crippen molar-refractivity contribution in [3.8, 4) is 5.75 Å². The Kier molecular flexibility index (Phi) is 7.76. The lowest BCUT2D eigenvalue weighted by Gasteiger charge is -2.31. The number of Topliss-reactive ketones (excluding diaryl/α,β-unsaturated/α-hetero) is 1. The van der Waals surface area contributed by atoms with Gasteiger partial charge < -0.3 is 21.9 Å². The number of nitrogens with one attached hydrogen (secondary N) is 1. The molecule has 0 heterocycles. The van der Waals surface area contributed by atoms with Crippen LogP contribution in [0.15, 0.2) is 84.9 Å². The van der Waals surface area contributed by atoms with E-state index in [-0.39, 0.29) is 24.5 Å². The zero-order valence-corrected chi connectivity index (χ0v) is 17.9. The van der Waals surface area contributed by atoms with E-state index in [2.05, 4.69) is 5.32 Å². The Morgan fingerprint density at radius 1 is 0.875 bits per heavy atom. The van der Waals surface area contributed by atoms with Crippen LogP contribution in [0.3, 0.4) is 0 Å². The van der Waals surface area contributed by atoms with Crippen LogP contribution >= 0.6 is 0 Å². The van der Waals surface area contributed by atoms with Crippen LogP contribution in [0.5, 0.6) is 5.75 Å². The number of hydrogen-bond acceptors (Lipinski definition) is 5. The Bertz CT molecular complexity index is 984. The lowest BCUT2D eigenvalue weighted by atomic mass is 9.76. The minimum atomic E-state index is -1.74. The number of ketones is 1. The topological polar surface area (TPSA) is 118 Å². The molecule has 1 atom stereocenters. The number of amides is 1. The first-order valence-corrected chi connectivity index (χ1v) is 10.6. The van der Waals surface area contributed by atoms with Gasteiger partial charge in [0.2, 0.25) is 5.91 Å². The van der Waals surface area contributed by atoms with Crippen molar-refractivity contribution in [2.75, 3.05) is 6.54 Å². The lowest BCUT2D eigenvalue weighted by Crippen LogP contribution is -2.61. The van der Waals surface area contributed by atoms with Crippen LogP contribution < -0.4 is 16.8 Å². The molecule has 0 aromatic heterocycles. The Hall–Kier alpha value is -3.48. The maximum atomic E-state index is 13.9. The van der Waals surface area contributed by atoms with Gasteiger partial charge in [-0.3, -0.25) is 9.59 Å². The average Bonchev–Trinajstić information content (AvgIpc) is 2.83. The van der Waals surface area contributed by atoms with Gasteiger partial charge in [-0.25, -0.2) is 0 Å². The quantitative estimate of drug-likeness (QED) is 0.368. The van der Waals surface area contributed by atoms with Crippen LogP contribution in [0.1, 0.15) is 35.4 Å². The summed E-state index contributed by atoms with van der Waals surface area (Å²) < 4.78 is 0. The maximum Gasteiger partial charge on any atom is 0.248 e. The van der Waals surface area contributed by atoms with E-state index in [1.54, 1.807) is 12.1 Å². The molecule has 166 valence electrons. The van der Waals surface area contributed by atoms with Crippen molar-refractivity contribution >= 4 is 11.7 Å².